The summed E-state index contributed by atoms with van der Waals surface area (Å²) in [4.78, 5) is 36.7. The Morgan fingerprint density at radius 3 is 1.70 bits per heavy atom. The molecule has 3 saturated carbocycles. The molecule has 0 aromatic carbocycles. The zero-order valence-corrected chi connectivity index (χ0v) is 12.7. The quantitative estimate of drug-likeness (QED) is 0.397. The first-order valence-corrected chi connectivity index (χ1v) is 9.79. The van der Waals surface area contributed by atoms with Gasteiger partial charge in [-0.15, -0.1) is 0 Å². The van der Waals surface area contributed by atoms with Crippen LogP contribution in [-0.2, 0) is 9.13 Å². The molecule has 0 amide bonds. The molecule has 2 bridgehead atoms. The molecule has 3 aliphatic carbocycles. The van der Waals surface area contributed by atoms with Crippen molar-refractivity contribution in [3.63, 3.8) is 0 Å². The van der Waals surface area contributed by atoms with Crippen molar-refractivity contribution in [1.29, 1.82) is 0 Å². The third-order valence-electron chi connectivity index (χ3n) is 4.90. The first kappa shape index (κ1) is 16.6. The van der Waals surface area contributed by atoms with E-state index in [1.807, 2.05) is 0 Å². The summed E-state index contributed by atoms with van der Waals surface area (Å²) in [5.74, 6) is -0.227. The first-order chi connectivity index (χ1) is 8.97. The summed E-state index contributed by atoms with van der Waals surface area (Å²) < 4.78 is 22.8. The molecule has 10 heteroatoms. The van der Waals surface area contributed by atoms with Crippen LogP contribution in [0, 0.1) is 17.8 Å². The minimum atomic E-state index is -5.39. The van der Waals surface area contributed by atoms with E-state index in [-0.39, 0.29) is 17.9 Å². The fourth-order valence-electron chi connectivity index (χ4n) is 3.65. The maximum absolute atomic E-state index is 11.4. The Balaban J connectivity index is 2.30. The van der Waals surface area contributed by atoms with Crippen LogP contribution in [0.2, 0.25) is 0 Å². The molecule has 118 valence electrons. The summed E-state index contributed by atoms with van der Waals surface area (Å²) in [6.07, 6.45) is 2.83. The molecule has 7 N–H and O–H groups in total. The van der Waals surface area contributed by atoms with E-state index in [1.54, 1.807) is 0 Å². The van der Waals surface area contributed by atoms with Crippen LogP contribution in [0.1, 0.15) is 32.1 Å². The van der Waals surface area contributed by atoms with Crippen LogP contribution in [0.4, 0.5) is 0 Å². The van der Waals surface area contributed by atoms with Gasteiger partial charge in [-0.3, -0.25) is 9.13 Å². The van der Waals surface area contributed by atoms with Gasteiger partial charge in [-0.2, -0.15) is 0 Å². The van der Waals surface area contributed by atoms with Crippen molar-refractivity contribution in [2.75, 3.05) is 0 Å². The number of hydrogen-bond acceptors (Lipinski definition) is 4. The van der Waals surface area contributed by atoms with Gasteiger partial charge in [-0.25, -0.2) is 0 Å². The fourth-order valence-corrected chi connectivity index (χ4v) is 5.90. The molecule has 0 saturated heterocycles. The van der Waals surface area contributed by atoms with Crippen LogP contribution in [0.5, 0.6) is 0 Å². The monoisotopic (exact) mass is 329 g/mol. The van der Waals surface area contributed by atoms with Gasteiger partial charge < -0.3 is 30.4 Å². The Hall–Kier alpha value is 0.220. The minimum Gasteiger partial charge on any atom is -0.368 e. The van der Waals surface area contributed by atoms with Crippen LogP contribution in [0.3, 0.4) is 0 Å². The van der Waals surface area contributed by atoms with E-state index >= 15 is 0 Å². The summed E-state index contributed by atoms with van der Waals surface area (Å²) in [7, 11) is -10.8. The minimum absolute atomic E-state index is 0.0552. The van der Waals surface area contributed by atoms with Gasteiger partial charge in [-0.05, 0) is 43.4 Å². The SMILES string of the molecule is NC1C2CCC(CC2)C1CC(O)(P(=O)(O)O)P(=O)(O)O. The summed E-state index contributed by atoms with van der Waals surface area (Å²) in [6.45, 7) is 0. The van der Waals surface area contributed by atoms with Crippen LogP contribution in [0.25, 0.3) is 0 Å². The van der Waals surface area contributed by atoms with Gasteiger partial charge in [0.25, 0.3) is 5.08 Å². The maximum Gasteiger partial charge on any atom is 0.369 e. The average Bonchev–Trinajstić information content (AvgIpc) is 2.31. The summed E-state index contributed by atoms with van der Waals surface area (Å²) in [5.41, 5.74) is 6.04. The third-order valence-corrected chi connectivity index (χ3v) is 8.70. The van der Waals surface area contributed by atoms with E-state index in [0.29, 0.717) is 0 Å². The smallest absolute Gasteiger partial charge is 0.368 e. The number of hydrogen-bond donors (Lipinski definition) is 6. The number of rotatable bonds is 4. The molecule has 0 aliphatic heterocycles. The van der Waals surface area contributed by atoms with Gasteiger partial charge in [0, 0.05) is 12.5 Å². The van der Waals surface area contributed by atoms with Crippen LogP contribution in [-0.4, -0.2) is 35.8 Å². The van der Waals surface area contributed by atoms with E-state index in [0.717, 1.165) is 25.7 Å². The van der Waals surface area contributed by atoms with Crippen LogP contribution in [0.15, 0.2) is 0 Å². The van der Waals surface area contributed by atoms with E-state index < -0.39 is 32.6 Å². The second kappa shape index (κ2) is 5.14. The summed E-state index contributed by atoms with van der Waals surface area (Å²) >= 11 is 0. The Bertz CT molecular complexity index is 440. The van der Waals surface area contributed by atoms with Gasteiger partial charge in [0.1, 0.15) is 0 Å². The lowest BCUT2D eigenvalue weighted by molar-refractivity contribution is 0.0232. The van der Waals surface area contributed by atoms with Crippen molar-refractivity contribution in [2.24, 2.45) is 23.5 Å². The summed E-state index contributed by atoms with van der Waals surface area (Å²) in [5, 5.41) is 6.67. The standard InChI is InChI=1S/C10H21NO7P2/c11-9-7-3-1-6(2-4-7)8(9)5-10(12,19(13,14)15)20(16,17)18/h6-9,12H,1-5,11H2,(H2,13,14,15)(H2,16,17,18). The second-order valence-corrected chi connectivity index (χ2v) is 9.99. The maximum atomic E-state index is 11.4. The Labute approximate surface area is 116 Å². The molecule has 2 atom stereocenters. The highest BCUT2D eigenvalue weighted by Crippen LogP contribution is 2.70. The number of fused-ring (bicyclic) bond motifs is 3. The van der Waals surface area contributed by atoms with Crippen molar-refractivity contribution >= 4 is 15.2 Å². The third kappa shape index (κ3) is 2.64. The molecule has 0 heterocycles. The molecule has 2 unspecified atom stereocenters. The Kier molecular flexibility index (Phi) is 4.27. The van der Waals surface area contributed by atoms with E-state index in [2.05, 4.69) is 0 Å². The molecular weight excluding hydrogens is 308 g/mol. The molecule has 0 radical (unpaired) electrons. The van der Waals surface area contributed by atoms with Gasteiger partial charge >= 0.3 is 15.2 Å². The van der Waals surface area contributed by atoms with E-state index in [4.69, 9.17) is 5.73 Å². The molecule has 3 fully saturated rings. The highest BCUT2D eigenvalue weighted by atomic mass is 31.2. The van der Waals surface area contributed by atoms with E-state index in [1.165, 1.54) is 0 Å². The molecule has 3 aliphatic rings. The van der Waals surface area contributed by atoms with Crippen molar-refractivity contribution < 1.29 is 33.8 Å². The van der Waals surface area contributed by atoms with Crippen molar-refractivity contribution in [1.82, 2.24) is 0 Å². The molecule has 0 aromatic heterocycles. The van der Waals surface area contributed by atoms with E-state index in [9.17, 15) is 33.8 Å². The highest BCUT2D eigenvalue weighted by Gasteiger charge is 2.61. The number of aliphatic hydroxyl groups is 1. The molecule has 8 nitrogen and oxygen atoms in total. The van der Waals surface area contributed by atoms with Gasteiger partial charge in [0.05, 0.1) is 0 Å². The highest BCUT2D eigenvalue weighted by molar-refractivity contribution is 7.72. The van der Waals surface area contributed by atoms with Crippen LogP contribution < -0.4 is 5.73 Å². The lowest BCUT2D eigenvalue weighted by Crippen LogP contribution is -2.51. The number of nitrogens with two attached hydrogens (primary N) is 1. The summed E-state index contributed by atoms with van der Waals surface area (Å²) in [6, 6.07) is -0.382. The topological polar surface area (TPSA) is 161 Å². The predicted molar refractivity (Wildman–Crippen MR) is 70.6 cm³/mol. The molecule has 0 aromatic rings. The second-order valence-electron chi connectivity index (χ2n) is 5.98. The molecule has 3 rings (SSSR count). The average molecular weight is 329 g/mol. The molecule has 0 spiro atoms. The van der Waals surface area contributed by atoms with Crippen molar-refractivity contribution in [3.8, 4) is 0 Å². The van der Waals surface area contributed by atoms with Crippen molar-refractivity contribution in [2.45, 2.75) is 43.2 Å². The largest absolute Gasteiger partial charge is 0.369 e. The Morgan fingerprint density at radius 2 is 1.35 bits per heavy atom. The fraction of sp³-hybridized carbons (Fsp3) is 1.00. The Morgan fingerprint density at radius 1 is 0.950 bits per heavy atom. The van der Waals surface area contributed by atoms with Gasteiger partial charge in [0.15, 0.2) is 0 Å². The normalized spacial score (nSPS) is 35.3. The van der Waals surface area contributed by atoms with Crippen LogP contribution >= 0.6 is 15.2 Å². The van der Waals surface area contributed by atoms with Crippen molar-refractivity contribution in [3.05, 3.63) is 0 Å². The lowest BCUT2D eigenvalue weighted by Gasteiger charge is -2.49. The van der Waals surface area contributed by atoms with Gasteiger partial charge in [-0.1, -0.05) is 0 Å². The first-order valence-electron chi connectivity index (χ1n) is 6.56. The molecule has 20 heavy (non-hydrogen) atoms. The predicted octanol–water partition coefficient (Wildman–Crippen LogP) is 0.141. The zero-order chi connectivity index (χ0) is 15.3. The zero-order valence-electron chi connectivity index (χ0n) is 10.9. The lowest BCUT2D eigenvalue weighted by atomic mass is 9.61. The molecular formula is C10H21NO7P2. The van der Waals surface area contributed by atoms with Gasteiger partial charge in [0.2, 0.25) is 0 Å².